The van der Waals surface area contributed by atoms with E-state index >= 15 is 0 Å². The number of fused-ring (bicyclic) bond motifs is 4. The molecule has 2 fully saturated rings. The maximum Gasteiger partial charge on any atom is 0.250 e. The molecular weight excluding hydrogens is 452 g/mol. The number of anilines is 2. The highest BCUT2D eigenvalue weighted by Gasteiger charge is 2.70. The number of rotatable bonds is 3. The topological polar surface area (TPSA) is 122 Å². The molecular formula is C21H17BrN4O4. The van der Waals surface area contributed by atoms with Crippen molar-refractivity contribution in [2.75, 3.05) is 10.2 Å². The first-order valence-electron chi connectivity index (χ1n) is 9.45. The molecule has 4 N–H and O–H groups in total. The van der Waals surface area contributed by atoms with Crippen molar-refractivity contribution in [3.8, 4) is 0 Å². The summed E-state index contributed by atoms with van der Waals surface area (Å²) < 4.78 is 0.805. The maximum atomic E-state index is 13.6. The Hall–Kier alpha value is -3.04. The first-order chi connectivity index (χ1) is 14.3. The minimum atomic E-state index is -1.43. The van der Waals surface area contributed by atoms with Crippen molar-refractivity contribution in [2.45, 2.75) is 18.0 Å². The van der Waals surface area contributed by atoms with Gasteiger partial charge in [-0.05, 0) is 30.3 Å². The number of carbonyl (C=O) groups is 4. The maximum absolute atomic E-state index is 13.6. The van der Waals surface area contributed by atoms with Gasteiger partial charge in [0.1, 0.15) is 5.54 Å². The van der Waals surface area contributed by atoms with Crippen LogP contribution < -0.4 is 21.3 Å². The van der Waals surface area contributed by atoms with E-state index in [1.54, 1.807) is 48.5 Å². The number of benzene rings is 2. The van der Waals surface area contributed by atoms with Gasteiger partial charge >= 0.3 is 0 Å². The van der Waals surface area contributed by atoms with Crippen molar-refractivity contribution in [1.29, 1.82) is 0 Å². The molecule has 30 heavy (non-hydrogen) atoms. The fourth-order valence-corrected chi connectivity index (χ4v) is 5.26. The fraction of sp³-hybridized carbons (Fsp3) is 0.238. The Balaban J connectivity index is 1.67. The van der Waals surface area contributed by atoms with Gasteiger partial charge in [-0.3, -0.25) is 24.5 Å². The number of para-hydroxylation sites is 1. The smallest absolute Gasteiger partial charge is 0.250 e. The zero-order chi connectivity index (χ0) is 21.2. The lowest BCUT2D eigenvalue weighted by atomic mass is 9.76. The van der Waals surface area contributed by atoms with E-state index in [0.717, 1.165) is 9.37 Å². The number of nitrogens with one attached hydrogen (secondary N) is 2. The Morgan fingerprint density at radius 3 is 2.47 bits per heavy atom. The first-order valence-corrected chi connectivity index (χ1v) is 10.2. The number of halogens is 1. The minimum Gasteiger partial charge on any atom is -0.370 e. The predicted molar refractivity (Wildman–Crippen MR) is 111 cm³/mol. The van der Waals surface area contributed by atoms with Crippen molar-refractivity contribution in [3.05, 3.63) is 58.6 Å². The third-order valence-electron chi connectivity index (χ3n) is 6.13. The molecule has 3 heterocycles. The van der Waals surface area contributed by atoms with E-state index < -0.39 is 47.0 Å². The first kappa shape index (κ1) is 19.0. The molecule has 0 saturated carbocycles. The van der Waals surface area contributed by atoms with Crippen molar-refractivity contribution in [2.24, 2.45) is 17.6 Å². The second kappa shape index (κ2) is 6.48. The van der Waals surface area contributed by atoms with Crippen LogP contribution in [0.5, 0.6) is 0 Å². The fourth-order valence-electron chi connectivity index (χ4n) is 4.99. The Bertz CT molecular complexity index is 1120. The van der Waals surface area contributed by atoms with E-state index in [9.17, 15) is 19.2 Å². The summed E-state index contributed by atoms with van der Waals surface area (Å²) in [4.78, 5) is 53.0. The predicted octanol–water partition coefficient (Wildman–Crippen LogP) is 1.25. The van der Waals surface area contributed by atoms with Gasteiger partial charge in [-0.2, -0.15) is 0 Å². The van der Waals surface area contributed by atoms with Crippen LogP contribution in [0.1, 0.15) is 12.0 Å². The highest BCUT2D eigenvalue weighted by molar-refractivity contribution is 9.10. The van der Waals surface area contributed by atoms with Crippen molar-refractivity contribution in [3.63, 3.8) is 0 Å². The summed E-state index contributed by atoms with van der Waals surface area (Å²) >= 11 is 3.34. The molecule has 0 aliphatic carbocycles. The molecule has 152 valence electrons. The second-order valence-electron chi connectivity index (χ2n) is 7.72. The van der Waals surface area contributed by atoms with E-state index in [1.807, 2.05) is 0 Å². The summed E-state index contributed by atoms with van der Waals surface area (Å²) in [7, 11) is 0. The van der Waals surface area contributed by atoms with Crippen LogP contribution in [-0.4, -0.2) is 29.7 Å². The minimum absolute atomic E-state index is 0.161. The van der Waals surface area contributed by atoms with Gasteiger partial charge in [0, 0.05) is 28.2 Å². The molecule has 3 aliphatic heterocycles. The molecule has 3 aliphatic rings. The van der Waals surface area contributed by atoms with Crippen LogP contribution in [0.15, 0.2) is 53.0 Å². The van der Waals surface area contributed by atoms with E-state index in [0.29, 0.717) is 16.9 Å². The molecule has 4 atom stereocenters. The molecule has 2 saturated heterocycles. The number of primary amides is 1. The summed E-state index contributed by atoms with van der Waals surface area (Å²) in [6.07, 6.45) is -0.161. The number of imide groups is 1. The number of amides is 4. The van der Waals surface area contributed by atoms with E-state index in [4.69, 9.17) is 5.73 Å². The van der Waals surface area contributed by atoms with Crippen LogP contribution in [0.2, 0.25) is 0 Å². The van der Waals surface area contributed by atoms with Crippen LogP contribution in [0.25, 0.3) is 0 Å². The van der Waals surface area contributed by atoms with Crippen LogP contribution in [0.3, 0.4) is 0 Å². The van der Waals surface area contributed by atoms with Gasteiger partial charge in [0.15, 0.2) is 0 Å². The van der Waals surface area contributed by atoms with Crippen molar-refractivity contribution in [1.82, 2.24) is 5.32 Å². The van der Waals surface area contributed by atoms with E-state index in [-0.39, 0.29) is 6.42 Å². The molecule has 0 aromatic heterocycles. The second-order valence-corrected chi connectivity index (χ2v) is 8.64. The molecule has 2 aromatic carbocycles. The van der Waals surface area contributed by atoms with Crippen LogP contribution in [-0.2, 0) is 24.7 Å². The lowest BCUT2D eigenvalue weighted by molar-refractivity contribution is -0.130. The van der Waals surface area contributed by atoms with Gasteiger partial charge < -0.3 is 11.1 Å². The Morgan fingerprint density at radius 1 is 1.07 bits per heavy atom. The van der Waals surface area contributed by atoms with Crippen LogP contribution >= 0.6 is 15.9 Å². The molecule has 0 bridgehead atoms. The summed E-state index contributed by atoms with van der Waals surface area (Å²) in [6.45, 7) is 0. The molecule has 2 aromatic rings. The highest BCUT2D eigenvalue weighted by Crippen LogP contribution is 2.53. The average molecular weight is 469 g/mol. The number of carbonyl (C=O) groups excluding carboxylic acids is 4. The number of hydrogen-bond donors (Lipinski definition) is 3. The standard InChI is InChI=1S/C21H17BrN4O4/c22-10-5-7-11(8-6-10)26-18(28)16-14(9-15(23)27)25-21(17(16)19(26)29)12-3-1-2-4-13(12)24-20(21)30/h1-8,14,16-17,25H,9H2,(H2,23,27)(H,24,30). The van der Waals surface area contributed by atoms with Crippen molar-refractivity contribution < 1.29 is 19.2 Å². The van der Waals surface area contributed by atoms with Gasteiger partial charge in [0.05, 0.1) is 17.5 Å². The summed E-state index contributed by atoms with van der Waals surface area (Å²) in [6, 6.07) is 13.1. The number of hydrogen-bond acceptors (Lipinski definition) is 5. The number of nitrogens with two attached hydrogens (primary N) is 1. The Labute approximate surface area is 179 Å². The van der Waals surface area contributed by atoms with Gasteiger partial charge in [-0.1, -0.05) is 34.1 Å². The van der Waals surface area contributed by atoms with Crippen LogP contribution in [0.4, 0.5) is 11.4 Å². The molecule has 5 rings (SSSR count). The lowest BCUT2D eigenvalue weighted by Gasteiger charge is -2.29. The van der Waals surface area contributed by atoms with Crippen LogP contribution in [0, 0.1) is 11.8 Å². The number of nitrogens with zero attached hydrogens (tertiary/aromatic N) is 1. The molecule has 9 heteroatoms. The largest absolute Gasteiger partial charge is 0.370 e. The zero-order valence-corrected chi connectivity index (χ0v) is 17.2. The van der Waals surface area contributed by atoms with Gasteiger partial charge in [0.2, 0.25) is 23.6 Å². The van der Waals surface area contributed by atoms with Crippen molar-refractivity contribution >= 4 is 50.9 Å². The molecule has 4 amide bonds. The summed E-state index contributed by atoms with van der Waals surface area (Å²) in [5.41, 5.74) is 5.58. The highest BCUT2D eigenvalue weighted by atomic mass is 79.9. The third-order valence-corrected chi connectivity index (χ3v) is 6.66. The van der Waals surface area contributed by atoms with E-state index in [2.05, 4.69) is 26.6 Å². The summed E-state index contributed by atoms with van der Waals surface area (Å²) in [5.74, 6) is -3.81. The lowest BCUT2D eigenvalue weighted by Crippen LogP contribution is -2.53. The van der Waals surface area contributed by atoms with E-state index in [1.165, 1.54) is 0 Å². The molecule has 4 unspecified atom stereocenters. The quantitative estimate of drug-likeness (QED) is 0.585. The molecule has 0 radical (unpaired) electrons. The molecule has 1 spiro atoms. The monoisotopic (exact) mass is 468 g/mol. The average Bonchev–Trinajstić information content (AvgIpc) is 3.27. The SMILES string of the molecule is NC(=O)CC1NC2(C(=O)Nc3ccccc32)C2C(=O)N(c3ccc(Br)cc3)C(=O)C12. The van der Waals surface area contributed by atoms with Gasteiger partial charge in [-0.15, -0.1) is 0 Å². The normalized spacial score (nSPS) is 29.3. The Kier molecular flexibility index (Phi) is 4.09. The molecule has 8 nitrogen and oxygen atoms in total. The Morgan fingerprint density at radius 2 is 1.77 bits per heavy atom. The van der Waals surface area contributed by atoms with Gasteiger partial charge in [-0.25, -0.2) is 4.90 Å². The third kappa shape index (κ3) is 2.42. The zero-order valence-electron chi connectivity index (χ0n) is 15.6. The van der Waals surface area contributed by atoms with Gasteiger partial charge in [0.25, 0.3) is 0 Å². The summed E-state index contributed by atoms with van der Waals surface area (Å²) in [5, 5.41) is 5.97.